The first-order chi connectivity index (χ1) is 30.6. The molecule has 0 amide bonds. The molecule has 0 fully saturated rings. The first-order valence-electron chi connectivity index (χ1n) is 23.4. The number of nitrogens with zero attached hydrogens (tertiary/aromatic N) is 3. The van der Waals surface area contributed by atoms with Crippen molar-refractivity contribution in [3.05, 3.63) is 168 Å². The van der Waals surface area contributed by atoms with Crippen LogP contribution in [-0.4, -0.2) is 19.6 Å². The second kappa shape index (κ2) is 15.7. The Morgan fingerprint density at radius 3 is 1.95 bits per heavy atom. The van der Waals surface area contributed by atoms with Gasteiger partial charge in [0, 0.05) is 23.0 Å². The standard InChI is InChI=1S/C56H57N3O/c1-35(2)40-31-48(36(3)4)53(60)49(32-40)54-58-52-47(22-17-23-51(52)59(54)46-30-41(38-20-15-12-16-21-38)27-45(34-46)56(8,9)10)42-26-43(29-44(28-42)55(5,6)7)50-33-39(24-25-57-50)37-18-13-11-14-19-37/h11-36,60H,1-10H3/i11D,13D,14D,18D,19D. The number of rotatable bonds is 8. The molecular weight excluding hydrogens is 731 g/mol. The molecule has 60 heavy (non-hydrogen) atoms. The van der Waals surface area contributed by atoms with Crippen molar-refractivity contribution < 1.29 is 12.0 Å². The number of aromatic nitrogens is 3. The number of phenolic OH excluding ortho intramolecular Hbond substituents is 1. The monoisotopic (exact) mass is 792 g/mol. The van der Waals surface area contributed by atoms with Crippen molar-refractivity contribution in [1.29, 1.82) is 0 Å². The summed E-state index contributed by atoms with van der Waals surface area (Å²) < 4.78 is 44.4. The van der Waals surface area contributed by atoms with Crippen LogP contribution >= 0.6 is 0 Å². The Balaban J connectivity index is 1.43. The molecule has 6 aromatic carbocycles. The summed E-state index contributed by atoms with van der Waals surface area (Å²) in [6, 6.07) is 35.9. The maximum Gasteiger partial charge on any atom is 0.149 e. The maximum absolute atomic E-state index is 12.3. The fourth-order valence-corrected chi connectivity index (χ4v) is 7.87. The Kier molecular flexibility index (Phi) is 9.07. The lowest BCUT2D eigenvalue weighted by molar-refractivity contribution is 0.466. The van der Waals surface area contributed by atoms with Crippen molar-refractivity contribution >= 4 is 11.0 Å². The van der Waals surface area contributed by atoms with Crippen LogP contribution in [-0.2, 0) is 10.8 Å². The van der Waals surface area contributed by atoms with Gasteiger partial charge in [-0.1, -0.05) is 160 Å². The number of imidazole rings is 1. The first-order valence-corrected chi connectivity index (χ1v) is 20.9. The van der Waals surface area contributed by atoms with Crippen LogP contribution in [0.4, 0.5) is 0 Å². The molecule has 0 aliphatic heterocycles. The van der Waals surface area contributed by atoms with Crippen LogP contribution in [0.1, 0.15) is 110 Å². The van der Waals surface area contributed by atoms with Gasteiger partial charge in [0.25, 0.3) is 0 Å². The van der Waals surface area contributed by atoms with E-state index in [1.807, 2.05) is 6.07 Å². The number of pyridine rings is 1. The van der Waals surface area contributed by atoms with E-state index in [4.69, 9.17) is 16.8 Å². The highest BCUT2D eigenvalue weighted by atomic mass is 16.3. The summed E-state index contributed by atoms with van der Waals surface area (Å²) in [4.78, 5) is 10.4. The summed E-state index contributed by atoms with van der Waals surface area (Å²) in [6.45, 7) is 21.8. The van der Waals surface area contributed by atoms with Crippen molar-refractivity contribution in [3.8, 4) is 67.5 Å². The molecule has 1 N–H and O–H groups in total. The number of fused-ring (bicyclic) bond motifs is 1. The van der Waals surface area contributed by atoms with Gasteiger partial charge in [-0.25, -0.2) is 4.98 Å². The van der Waals surface area contributed by atoms with Gasteiger partial charge in [0.05, 0.1) is 29.1 Å². The van der Waals surface area contributed by atoms with Crippen molar-refractivity contribution in [3.63, 3.8) is 0 Å². The van der Waals surface area contributed by atoms with E-state index in [1.165, 1.54) is 5.56 Å². The second-order valence-corrected chi connectivity index (χ2v) is 18.6. The normalized spacial score (nSPS) is 13.4. The molecule has 0 atom stereocenters. The van der Waals surface area contributed by atoms with Gasteiger partial charge in [-0.2, -0.15) is 0 Å². The van der Waals surface area contributed by atoms with E-state index >= 15 is 0 Å². The van der Waals surface area contributed by atoms with Crippen LogP contribution in [0.5, 0.6) is 5.75 Å². The van der Waals surface area contributed by atoms with E-state index in [9.17, 15) is 5.11 Å². The third-order valence-electron chi connectivity index (χ3n) is 11.5. The third kappa shape index (κ3) is 7.91. The highest BCUT2D eigenvalue weighted by Crippen LogP contribution is 2.44. The minimum atomic E-state index is -0.429. The number of phenols is 1. The average Bonchev–Trinajstić information content (AvgIpc) is 3.67. The molecule has 2 aromatic heterocycles. The summed E-state index contributed by atoms with van der Waals surface area (Å²) >= 11 is 0. The molecule has 4 nitrogen and oxygen atoms in total. The zero-order valence-electron chi connectivity index (χ0n) is 41.4. The van der Waals surface area contributed by atoms with Gasteiger partial charge in [-0.15, -0.1) is 0 Å². The van der Waals surface area contributed by atoms with Crippen LogP contribution in [0.3, 0.4) is 0 Å². The maximum atomic E-state index is 12.3. The summed E-state index contributed by atoms with van der Waals surface area (Å²) in [7, 11) is 0. The van der Waals surface area contributed by atoms with Crippen LogP contribution < -0.4 is 0 Å². The molecule has 0 saturated carbocycles. The van der Waals surface area contributed by atoms with Crippen LogP contribution in [0.25, 0.3) is 72.7 Å². The lowest BCUT2D eigenvalue weighted by atomic mass is 9.83. The van der Waals surface area contributed by atoms with E-state index in [0.717, 1.165) is 61.2 Å². The van der Waals surface area contributed by atoms with Crippen molar-refractivity contribution in [2.24, 2.45) is 0 Å². The molecule has 8 aromatic rings. The molecule has 0 aliphatic carbocycles. The van der Waals surface area contributed by atoms with Gasteiger partial charge in [0.15, 0.2) is 0 Å². The number of aromatic hydroxyl groups is 1. The quantitative estimate of drug-likeness (QED) is 0.167. The Hall–Kier alpha value is -6.26. The van der Waals surface area contributed by atoms with Gasteiger partial charge in [-0.3, -0.25) is 9.55 Å². The van der Waals surface area contributed by atoms with E-state index in [0.29, 0.717) is 22.6 Å². The lowest BCUT2D eigenvalue weighted by Gasteiger charge is -2.23. The third-order valence-corrected chi connectivity index (χ3v) is 11.5. The highest BCUT2D eigenvalue weighted by Gasteiger charge is 2.26. The Bertz CT molecular complexity index is 3110. The van der Waals surface area contributed by atoms with E-state index in [1.54, 1.807) is 18.3 Å². The summed E-state index contributed by atoms with van der Waals surface area (Å²) in [5, 5.41) is 12.3. The average molecular weight is 793 g/mol. The largest absolute Gasteiger partial charge is 0.507 e. The zero-order chi connectivity index (χ0) is 46.9. The number of para-hydroxylation sites is 1. The first kappa shape index (κ1) is 34.6. The van der Waals surface area contributed by atoms with Crippen LogP contribution in [0.15, 0.2) is 146 Å². The smallest absolute Gasteiger partial charge is 0.149 e. The van der Waals surface area contributed by atoms with Crippen LogP contribution in [0.2, 0.25) is 0 Å². The predicted molar refractivity (Wildman–Crippen MR) is 253 cm³/mol. The summed E-state index contributed by atoms with van der Waals surface area (Å²) in [6.07, 6.45) is 1.63. The molecule has 0 unspecified atom stereocenters. The van der Waals surface area contributed by atoms with Crippen molar-refractivity contribution in [2.45, 2.75) is 91.9 Å². The molecule has 4 heteroatoms. The highest BCUT2D eigenvalue weighted by molar-refractivity contribution is 5.97. The minimum Gasteiger partial charge on any atom is -0.507 e. The van der Waals surface area contributed by atoms with E-state index < -0.39 is 6.04 Å². The molecule has 0 radical (unpaired) electrons. The van der Waals surface area contributed by atoms with Gasteiger partial charge in [-0.05, 0) is 121 Å². The molecular formula is C56H57N3O. The topological polar surface area (TPSA) is 50.9 Å². The predicted octanol–water partition coefficient (Wildman–Crippen LogP) is 15.3. The van der Waals surface area contributed by atoms with Crippen molar-refractivity contribution in [1.82, 2.24) is 14.5 Å². The van der Waals surface area contributed by atoms with Crippen molar-refractivity contribution in [2.75, 3.05) is 0 Å². The summed E-state index contributed by atoms with van der Waals surface area (Å²) in [5.41, 5.74) is 13.1. The molecule has 0 saturated heterocycles. The van der Waals surface area contributed by atoms with Crippen LogP contribution in [0, 0.1) is 0 Å². The van der Waals surface area contributed by atoms with E-state index in [2.05, 4.69) is 165 Å². The number of hydrogen-bond acceptors (Lipinski definition) is 3. The fraction of sp³-hybridized carbons (Fsp3) is 0.250. The van der Waals surface area contributed by atoms with Gasteiger partial charge in [0.2, 0.25) is 0 Å². The lowest BCUT2D eigenvalue weighted by Crippen LogP contribution is -2.12. The SMILES string of the molecule is [2H]c1c([2H])c([2H])c(-c2ccnc(-c3cc(-c4cccc5c4nc(-c4cc(C(C)C)cc(C(C)C)c4O)n5-c4cc(-c5ccccc5)cc(C(C)(C)C)c4)cc(C(C)(C)C)c3)c2)c([2H])c1[2H]. The Morgan fingerprint density at radius 2 is 1.27 bits per heavy atom. The molecule has 8 rings (SSSR count). The molecule has 0 bridgehead atoms. The summed E-state index contributed by atoms with van der Waals surface area (Å²) in [5.74, 6) is 1.14. The van der Waals surface area contributed by atoms with E-state index in [-0.39, 0.29) is 58.1 Å². The molecule has 2 heterocycles. The molecule has 0 aliphatic rings. The molecule has 0 spiro atoms. The minimum absolute atomic E-state index is 0.0703. The number of benzene rings is 6. The zero-order valence-corrected chi connectivity index (χ0v) is 36.4. The van der Waals surface area contributed by atoms with Gasteiger partial charge >= 0.3 is 0 Å². The van der Waals surface area contributed by atoms with Gasteiger partial charge in [0.1, 0.15) is 11.6 Å². The van der Waals surface area contributed by atoms with Gasteiger partial charge < -0.3 is 5.11 Å². The molecule has 302 valence electrons. The number of hydrogen-bond donors (Lipinski definition) is 1. The Morgan fingerprint density at radius 1 is 0.583 bits per heavy atom. The Labute approximate surface area is 363 Å². The second-order valence-electron chi connectivity index (χ2n) is 18.6. The fourth-order valence-electron chi connectivity index (χ4n) is 7.87.